The van der Waals surface area contributed by atoms with Crippen molar-refractivity contribution in [3.05, 3.63) is 12.2 Å². The highest BCUT2D eigenvalue weighted by Gasteiger charge is 2.76. The van der Waals surface area contributed by atoms with Gasteiger partial charge in [-0.15, -0.1) is 0 Å². The largest absolute Gasteiger partial charge is 0.462 e. The summed E-state index contributed by atoms with van der Waals surface area (Å²) in [4.78, 5) is 24.9. The molecule has 4 rings (SSSR count). The number of carbonyl (C=O) groups is 2. The lowest BCUT2D eigenvalue weighted by molar-refractivity contribution is -0.263. The van der Waals surface area contributed by atoms with Crippen LogP contribution in [0.15, 0.2) is 12.2 Å². The van der Waals surface area contributed by atoms with E-state index in [1.165, 1.54) is 6.92 Å². The van der Waals surface area contributed by atoms with E-state index in [9.17, 15) is 24.9 Å². The Kier molecular flexibility index (Phi) is 4.22. The lowest BCUT2D eigenvalue weighted by Crippen LogP contribution is -2.71. The number of aliphatic hydroxyl groups excluding tert-OH is 3. The molecule has 156 valence electrons. The maximum atomic E-state index is 13.3. The summed E-state index contributed by atoms with van der Waals surface area (Å²) in [6, 6.07) is 0. The predicted octanol–water partition coefficient (Wildman–Crippen LogP) is 1.61. The molecule has 4 fully saturated rings. The topological polar surface area (TPSA) is 104 Å². The van der Waals surface area contributed by atoms with Crippen molar-refractivity contribution in [2.45, 2.75) is 77.8 Å². The zero-order valence-electron chi connectivity index (χ0n) is 17.1. The number of hydrogen-bond donors (Lipinski definition) is 3. The van der Waals surface area contributed by atoms with Gasteiger partial charge in [0.05, 0.1) is 23.7 Å². The number of ether oxygens (including phenoxy) is 1. The van der Waals surface area contributed by atoms with E-state index < -0.39 is 46.4 Å². The highest BCUT2D eigenvalue weighted by Crippen LogP contribution is 2.71. The van der Waals surface area contributed by atoms with E-state index in [1.807, 2.05) is 13.8 Å². The first kappa shape index (κ1) is 20.0. The summed E-state index contributed by atoms with van der Waals surface area (Å²) >= 11 is 0. The lowest BCUT2D eigenvalue weighted by Gasteiger charge is -2.66. The van der Waals surface area contributed by atoms with Crippen LogP contribution in [0.4, 0.5) is 0 Å². The van der Waals surface area contributed by atoms with Crippen molar-refractivity contribution in [3.8, 4) is 0 Å². The highest BCUT2D eigenvalue weighted by molar-refractivity contribution is 6.04. The van der Waals surface area contributed by atoms with Crippen molar-refractivity contribution in [1.29, 1.82) is 0 Å². The van der Waals surface area contributed by atoms with Gasteiger partial charge in [0.15, 0.2) is 5.78 Å². The van der Waals surface area contributed by atoms with Gasteiger partial charge in [0.2, 0.25) is 0 Å². The van der Waals surface area contributed by atoms with Gasteiger partial charge in [-0.25, -0.2) is 0 Å². The van der Waals surface area contributed by atoms with Crippen molar-refractivity contribution < 1.29 is 29.6 Å². The first-order chi connectivity index (χ1) is 12.9. The monoisotopic (exact) mass is 392 g/mol. The normalized spacial score (nSPS) is 52.0. The first-order valence-electron chi connectivity index (χ1n) is 10.3. The van der Waals surface area contributed by atoms with Crippen molar-refractivity contribution in [2.24, 2.45) is 34.0 Å². The van der Waals surface area contributed by atoms with Crippen molar-refractivity contribution >= 4 is 11.8 Å². The minimum atomic E-state index is -1.38. The molecule has 0 aromatic heterocycles. The number of ketones is 1. The molecule has 1 spiro atoms. The minimum Gasteiger partial charge on any atom is -0.462 e. The summed E-state index contributed by atoms with van der Waals surface area (Å²) in [6.07, 6.45) is -1.24. The Morgan fingerprint density at radius 1 is 1.18 bits per heavy atom. The average Bonchev–Trinajstić information content (AvgIpc) is 2.71. The molecule has 6 nitrogen and oxygen atoms in total. The molecule has 6 heteroatoms. The standard InChI is InChI=1S/C22H32O6/c1-10-12-8-13(24)17-21(5)7-6-16(28-11(2)23)20(3,4)14(21)9-15(25)22(17,18(10)26)19(12)27/h12-17,19,24-25,27H,1,6-9H2,2-5H3/t12-,13-,14+,15+,16-,17-,19+,21+,22+/m0/s1. The maximum Gasteiger partial charge on any atom is 0.302 e. The van der Waals surface area contributed by atoms with Crippen LogP contribution >= 0.6 is 0 Å². The average molecular weight is 392 g/mol. The molecule has 0 heterocycles. The first-order valence-corrected chi connectivity index (χ1v) is 10.3. The van der Waals surface area contributed by atoms with E-state index in [4.69, 9.17) is 4.74 Å². The Bertz CT molecular complexity index is 743. The van der Waals surface area contributed by atoms with E-state index >= 15 is 0 Å². The highest BCUT2D eigenvalue weighted by atomic mass is 16.5. The molecule has 0 aromatic carbocycles. The number of carbonyl (C=O) groups excluding carboxylic acids is 2. The molecule has 28 heavy (non-hydrogen) atoms. The quantitative estimate of drug-likeness (QED) is 0.463. The van der Waals surface area contributed by atoms with Crippen LogP contribution in [-0.2, 0) is 14.3 Å². The van der Waals surface area contributed by atoms with Crippen LogP contribution in [0.3, 0.4) is 0 Å². The Morgan fingerprint density at radius 3 is 2.43 bits per heavy atom. The predicted molar refractivity (Wildman–Crippen MR) is 101 cm³/mol. The van der Waals surface area contributed by atoms with Gasteiger partial charge in [-0.2, -0.15) is 0 Å². The van der Waals surface area contributed by atoms with Gasteiger partial charge in [0.1, 0.15) is 6.10 Å². The number of Topliss-reactive ketones (excluding diaryl/α,β-unsaturated/α-hetero) is 1. The van der Waals surface area contributed by atoms with Gasteiger partial charge in [-0.1, -0.05) is 27.4 Å². The van der Waals surface area contributed by atoms with E-state index in [0.29, 0.717) is 31.3 Å². The molecule has 0 saturated heterocycles. The zero-order valence-corrected chi connectivity index (χ0v) is 17.1. The second-order valence-electron chi connectivity index (χ2n) is 10.4. The Labute approximate surface area is 166 Å². The number of hydrogen-bond acceptors (Lipinski definition) is 6. The van der Waals surface area contributed by atoms with E-state index in [0.717, 1.165) is 0 Å². The minimum absolute atomic E-state index is 0.0659. The fourth-order valence-corrected chi connectivity index (χ4v) is 7.79. The third kappa shape index (κ3) is 2.14. The van der Waals surface area contributed by atoms with Gasteiger partial charge in [0, 0.05) is 24.2 Å². The second kappa shape index (κ2) is 5.89. The summed E-state index contributed by atoms with van der Waals surface area (Å²) in [6.45, 7) is 11.4. The van der Waals surface area contributed by atoms with Crippen LogP contribution in [0.2, 0.25) is 0 Å². The molecule has 3 N–H and O–H groups in total. The van der Waals surface area contributed by atoms with E-state index in [2.05, 4.69) is 13.5 Å². The summed E-state index contributed by atoms with van der Waals surface area (Å²) in [5.74, 6) is -1.71. The molecule has 0 amide bonds. The van der Waals surface area contributed by atoms with Crippen LogP contribution in [0.1, 0.15) is 53.4 Å². The third-order valence-corrected chi connectivity index (χ3v) is 8.90. The second-order valence-corrected chi connectivity index (χ2v) is 10.4. The maximum absolute atomic E-state index is 13.3. The smallest absolute Gasteiger partial charge is 0.302 e. The molecule has 4 saturated carbocycles. The molecule has 0 unspecified atom stereocenters. The molecule has 4 aliphatic carbocycles. The van der Waals surface area contributed by atoms with Crippen LogP contribution in [0, 0.1) is 34.0 Å². The molecular formula is C22H32O6. The van der Waals surface area contributed by atoms with Crippen molar-refractivity contribution in [1.82, 2.24) is 0 Å². The fraction of sp³-hybridized carbons (Fsp3) is 0.818. The molecule has 4 aliphatic rings. The van der Waals surface area contributed by atoms with Gasteiger partial charge in [-0.3, -0.25) is 9.59 Å². The van der Waals surface area contributed by atoms with Crippen LogP contribution < -0.4 is 0 Å². The Morgan fingerprint density at radius 2 is 1.82 bits per heavy atom. The van der Waals surface area contributed by atoms with Gasteiger partial charge in [0.25, 0.3) is 0 Å². The summed E-state index contributed by atoms with van der Waals surface area (Å²) in [7, 11) is 0. The zero-order chi connectivity index (χ0) is 20.8. The van der Waals surface area contributed by atoms with Crippen molar-refractivity contribution in [3.63, 3.8) is 0 Å². The molecule has 0 radical (unpaired) electrons. The van der Waals surface area contributed by atoms with Gasteiger partial charge < -0.3 is 20.1 Å². The van der Waals surface area contributed by atoms with Gasteiger partial charge >= 0.3 is 5.97 Å². The molecular weight excluding hydrogens is 360 g/mol. The van der Waals surface area contributed by atoms with Crippen LogP contribution in [0.5, 0.6) is 0 Å². The Balaban J connectivity index is 1.83. The third-order valence-electron chi connectivity index (χ3n) is 8.90. The van der Waals surface area contributed by atoms with Gasteiger partial charge in [-0.05, 0) is 42.6 Å². The summed E-state index contributed by atoms with van der Waals surface area (Å²) in [5, 5.41) is 33.5. The summed E-state index contributed by atoms with van der Waals surface area (Å²) in [5.41, 5.74) is -1.94. The molecule has 0 aromatic rings. The molecule has 0 aliphatic heterocycles. The number of aliphatic hydroxyl groups is 3. The lowest BCUT2D eigenvalue weighted by atomic mass is 9.39. The van der Waals surface area contributed by atoms with E-state index in [1.54, 1.807) is 0 Å². The molecule has 9 atom stereocenters. The van der Waals surface area contributed by atoms with Crippen LogP contribution in [0.25, 0.3) is 0 Å². The number of fused-ring (bicyclic) bond motifs is 3. The van der Waals surface area contributed by atoms with Crippen LogP contribution in [-0.4, -0.2) is 51.5 Å². The van der Waals surface area contributed by atoms with E-state index in [-0.39, 0.29) is 23.8 Å². The summed E-state index contributed by atoms with van der Waals surface area (Å²) < 4.78 is 5.60. The Hall–Kier alpha value is -1.24. The number of rotatable bonds is 1. The fourth-order valence-electron chi connectivity index (χ4n) is 7.79. The van der Waals surface area contributed by atoms with Crippen molar-refractivity contribution in [2.75, 3.05) is 0 Å². The SMILES string of the molecule is C=C1C(=O)[C@@]23[C@H](O)C[C@@H]4C(C)(C)[C@@H](OC(C)=O)CC[C@@]4(C)[C@@H]2[C@@H](O)C[C@@H]1[C@H]3O. The number of esters is 1. The molecule has 2 bridgehead atoms.